The van der Waals surface area contributed by atoms with Crippen molar-refractivity contribution in [3.8, 4) is 0 Å². The van der Waals surface area contributed by atoms with Crippen molar-refractivity contribution in [2.75, 3.05) is 59.0 Å². The smallest absolute Gasteiger partial charge is 0.296 e. The number of nitrogens with zero attached hydrogens (tertiary/aromatic N) is 9. The van der Waals surface area contributed by atoms with Crippen molar-refractivity contribution < 1.29 is 18.1 Å². The van der Waals surface area contributed by atoms with E-state index in [0.717, 1.165) is 37.6 Å². The van der Waals surface area contributed by atoms with Gasteiger partial charge in [0.05, 0.1) is 23.7 Å². The number of benzene rings is 4. The average molecular weight is 770 g/mol. The maximum atomic E-state index is 12.0. The number of azo groups is 2. The average Bonchev–Trinajstić information content (AvgIpc) is 3.17. The zero-order chi connectivity index (χ0) is 38.5. The summed E-state index contributed by atoms with van der Waals surface area (Å²) in [6.45, 7) is 11.3. The van der Waals surface area contributed by atoms with Crippen LogP contribution in [0.4, 0.5) is 57.4 Å². The minimum Gasteiger partial charge on any atom is -0.396 e. The van der Waals surface area contributed by atoms with Gasteiger partial charge in [-0.25, -0.2) is 0 Å². The standard InChI is InChI=1S/C37H43N11O4S2/c1-5-47(6-2)27-18-20-29(44-43-26-14-10-9-11-15-26)32(24-27)38-35-40-36(42-37(41-35)53-23-22-49)39-33-25-28(48(7-3)8-4)19-21-30(33)45-46-31-16-12-13-17-34(31)54(50,51)52/h9-21,24-25,49H,5-8,22-23H2,1-4H3,(H,50,51,52)(H2,38,39,40,41,42)/b44-43+,46-45+. The Morgan fingerprint density at radius 3 is 1.67 bits per heavy atom. The van der Waals surface area contributed by atoms with Gasteiger partial charge in [0, 0.05) is 43.3 Å². The van der Waals surface area contributed by atoms with Crippen LogP contribution in [0.5, 0.6) is 0 Å². The molecule has 0 bridgehead atoms. The number of hydrogen-bond acceptors (Lipinski definition) is 15. The van der Waals surface area contributed by atoms with Crippen LogP contribution in [0.2, 0.25) is 0 Å². The maximum Gasteiger partial charge on any atom is 0.296 e. The largest absolute Gasteiger partial charge is 0.396 e. The van der Waals surface area contributed by atoms with Crippen LogP contribution in [-0.2, 0) is 10.1 Å². The SMILES string of the molecule is CCN(CC)c1ccc(/N=N/c2ccccc2)c(Nc2nc(Nc3cc(N(CC)CC)ccc3/N=N/c3ccccc3S(=O)(=O)O)nc(SCCO)n2)c1. The Bertz CT molecular complexity index is 2180. The van der Waals surface area contributed by atoms with E-state index in [4.69, 9.17) is 4.98 Å². The van der Waals surface area contributed by atoms with Gasteiger partial charge in [0.1, 0.15) is 22.0 Å². The van der Waals surface area contributed by atoms with E-state index in [0.29, 0.717) is 39.3 Å². The summed E-state index contributed by atoms with van der Waals surface area (Å²) in [6.07, 6.45) is 0. The zero-order valence-electron chi connectivity index (χ0n) is 30.5. The summed E-state index contributed by atoms with van der Waals surface area (Å²) in [5.74, 6) is 0.735. The predicted octanol–water partition coefficient (Wildman–Crippen LogP) is 9.21. The van der Waals surface area contributed by atoms with Crippen molar-refractivity contribution >= 4 is 79.3 Å². The fraction of sp³-hybridized carbons (Fsp3) is 0.270. The Morgan fingerprint density at radius 1 is 0.648 bits per heavy atom. The third-order valence-electron chi connectivity index (χ3n) is 8.09. The molecule has 0 saturated carbocycles. The summed E-state index contributed by atoms with van der Waals surface area (Å²) in [5.41, 5.74) is 4.55. The second kappa shape index (κ2) is 19.0. The van der Waals surface area contributed by atoms with E-state index in [9.17, 15) is 18.1 Å². The van der Waals surface area contributed by atoms with E-state index in [-0.39, 0.29) is 29.1 Å². The zero-order valence-corrected chi connectivity index (χ0v) is 32.1. The topological polar surface area (TPSA) is 193 Å². The molecule has 15 nitrogen and oxygen atoms in total. The monoisotopic (exact) mass is 769 g/mol. The van der Waals surface area contributed by atoms with Crippen LogP contribution in [0.25, 0.3) is 0 Å². The lowest BCUT2D eigenvalue weighted by Gasteiger charge is -2.22. The Balaban J connectivity index is 1.58. The summed E-state index contributed by atoms with van der Waals surface area (Å²) >= 11 is 1.25. The van der Waals surface area contributed by atoms with Gasteiger partial charge >= 0.3 is 0 Å². The lowest BCUT2D eigenvalue weighted by Crippen LogP contribution is -2.21. The molecule has 0 unspecified atom stereocenters. The van der Waals surface area contributed by atoms with Gasteiger partial charge in [-0.05, 0) is 88.4 Å². The third kappa shape index (κ3) is 10.6. The van der Waals surface area contributed by atoms with Crippen molar-refractivity contribution in [2.24, 2.45) is 20.5 Å². The van der Waals surface area contributed by atoms with Gasteiger partial charge in [0.15, 0.2) is 5.16 Å². The molecule has 0 aliphatic carbocycles. The van der Waals surface area contributed by atoms with Crippen LogP contribution in [0.3, 0.4) is 0 Å². The molecule has 5 aromatic rings. The molecular formula is C37H43N11O4S2. The first-order chi connectivity index (χ1) is 26.1. The molecule has 4 aromatic carbocycles. The Hall–Kier alpha value is -5.49. The van der Waals surface area contributed by atoms with E-state index in [2.05, 4.69) is 64.7 Å². The molecule has 0 fully saturated rings. The normalized spacial score (nSPS) is 11.7. The molecule has 5 rings (SSSR count). The maximum absolute atomic E-state index is 12.0. The van der Waals surface area contributed by atoms with E-state index in [1.54, 1.807) is 12.1 Å². The van der Waals surface area contributed by atoms with Crippen LogP contribution in [0.1, 0.15) is 27.7 Å². The highest BCUT2D eigenvalue weighted by molar-refractivity contribution is 7.99. The number of aromatic nitrogens is 3. The van der Waals surface area contributed by atoms with Gasteiger partial charge in [-0.3, -0.25) is 4.55 Å². The molecule has 1 heterocycles. The summed E-state index contributed by atoms with van der Waals surface area (Å²) < 4.78 is 33.8. The number of rotatable bonds is 18. The van der Waals surface area contributed by atoms with Gasteiger partial charge in [0.2, 0.25) is 11.9 Å². The minimum absolute atomic E-state index is 0.0275. The first-order valence-corrected chi connectivity index (χ1v) is 19.8. The van der Waals surface area contributed by atoms with Gasteiger partial charge < -0.3 is 25.5 Å². The second-order valence-corrected chi connectivity index (χ2v) is 14.0. The van der Waals surface area contributed by atoms with Gasteiger partial charge in [-0.2, -0.15) is 28.5 Å². The molecule has 0 aliphatic heterocycles. The van der Waals surface area contributed by atoms with E-state index >= 15 is 0 Å². The fourth-order valence-corrected chi connectivity index (χ4v) is 6.58. The van der Waals surface area contributed by atoms with Gasteiger partial charge in [0.25, 0.3) is 10.1 Å². The lowest BCUT2D eigenvalue weighted by atomic mass is 10.2. The fourth-order valence-electron chi connectivity index (χ4n) is 5.38. The van der Waals surface area contributed by atoms with Crippen molar-refractivity contribution in [3.63, 3.8) is 0 Å². The first kappa shape index (κ1) is 39.7. The number of aliphatic hydroxyl groups excluding tert-OH is 1. The summed E-state index contributed by atoms with van der Waals surface area (Å²) in [7, 11) is -4.54. The first-order valence-electron chi connectivity index (χ1n) is 17.4. The van der Waals surface area contributed by atoms with E-state index < -0.39 is 10.1 Å². The van der Waals surface area contributed by atoms with E-state index in [1.165, 1.54) is 30.0 Å². The number of anilines is 6. The molecule has 0 radical (unpaired) electrons. The highest BCUT2D eigenvalue weighted by Gasteiger charge is 2.17. The quantitative estimate of drug-likeness (QED) is 0.0376. The van der Waals surface area contributed by atoms with Crippen molar-refractivity contribution in [2.45, 2.75) is 37.7 Å². The number of hydrogen-bond donors (Lipinski definition) is 4. The van der Waals surface area contributed by atoms with Crippen LogP contribution in [-0.4, -0.2) is 71.6 Å². The molecule has 17 heteroatoms. The Kier molecular flexibility index (Phi) is 14.0. The Morgan fingerprint density at radius 2 is 1.15 bits per heavy atom. The molecule has 0 atom stereocenters. The van der Waals surface area contributed by atoms with Crippen LogP contribution < -0.4 is 20.4 Å². The third-order valence-corrected chi connectivity index (χ3v) is 9.81. The van der Waals surface area contributed by atoms with Gasteiger partial charge in [-0.15, -0.1) is 15.3 Å². The summed E-state index contributed by atoms with van der Waals surface area (Å²) in [4.78, 5) is 18.0. The second-order valence-electron chi connectivity index (χ2n) is 11.5. The van der Waals surface area contributed by atoms with Crippen LogP contribution >= 0.6 is 11.8 Å². The molecule has 0 saturated heterocycles. The Labute approximate surface area is 319 Å². The van der Waals surface area contributed by atoms with Crippen LogP contribution in [0, 0.1) is 0 Å². The molecular weight excluding hydrogens is 727 g/mol. The highest BCUT2D eigenvalue weighted by atomic mass is 32.2. The van der Waals surface area contributed by atoms with Crippen molar-refractivity contribution in [3.05, 3.63) is 91.0 Å². The summed E-state index contributed by atoms with van der Waals surface area (Å²) in [6, 6.07) is 26.6. The molecule has 282 valence electrons. The molecule has 0 spiro atoms. The van der Waals surface area contributed by atoms with Crippen molar-refractivity contribution in [1.29, 1.82) is 0 Å². The molecule has 0 amide bonds. The molecule has 0 aliphatic rings. The number of aliphatic hydroxyl groups is 1. The number of thioether (sulfide) groups is 1. The summed E-state index contributed by atoms with van der Waals surface area (Å²) in [5, 5.41) is 34.1. The predicted molar refractivity (Wildman–Crippen MR) is 215 cm³/mol. The van der Waals surface area contributed by atoms with Crippen LogP contribution in [0.15, 0.2) is 122 Å². The van der Waals surface area contributed by atoms with E-state index in [1.807, 2.05) is 74.5 Å². The minimum atomic E-state index is -4.54. The van der Waals surface area contributed by atoms with Gasteiger partial charge in [-0.1, -0.05) is 42.1 Å². The molecule has 4 N–H and O–H groups in total. The van der Waals surface area contributed by atoms with Crippen molar-refractivity contribution in [1.82, 2.24) is 15.0 Å². The molecule has 1 aromatic heterocycles. The highest BCUT2D eigenvalue weighted by Crippen LogP contribution is 2.36. The number of nitrogens with one attached hydrogen (secondary N) is 2. The molecule has 54 heavy (non-hydrogen) atoms. The lowest BCUT2D eigenvalue weighted by molar-refractivity contribution is 0.322.